The minimum atomic E-state index is -0.322. The van der Waals surface area contributed by atoms with E-state index in [2.05, 4.69) is 11.3 Å². The Hall–Kier alpha value is -1.58. The number of rotatable bonds is 8. The molecule has 0 bridgehead atoms. The Morgan fingerprint density at radius 2 is 1.81 bits per heavy atom. The molecule has 0 spiro atoms. The summed E-state index contributed by atoms with van der Waals surface area (Å²) in [6, 6.07) is 0. The van der Waals surface area contributed by atoms with Crippen LogP contribution >= 0.6 is 0 Å². The Kier molecular flexibility index (Phi) is 8.97. The van der Waals surface area contributed by atoms with Crippen LogP contribution in [0.4, 0.5) is 0 Å². The van der Waals surface area contributed by atoms with Crippen molar-refractivity contribution in [3.8, 4) is 0 Å². The molecule has 0 radical (unpaired) electrons. The maximum atomic E-state index is 11.1. The van der Waals surface area contributed by atoms with Crippen LogP contribution in [-0.2, 0) is 19.1 Å². The largest absolute Gasteiger partial charge is 0.461 e. The van der Waals surface area contributed by atoms with E-state index >= 15 is 0 Å². The van der Waals surface area contributed by atoms with Crippen molar-refractivity contribution in [1.29, 1.82) is 0 Å². The van der Waals surface area contributed by atoms with Gasteiger partial charge in [-0.15, -0.1) is 0 Å². The highest BCUT2D eigenvalue weighted by molar-refractivity contribution is 5.70. The third kappa shape index (κ3) is 8.99. The lowest BCUT2D eigenvalue weighted by molar-refractivity contribution is -0.143. The molecule has 0 atom stereocenters. The maximum Gasteiger partial charge on any atom is 0.310 e. The lowest BCUT2D eigenvalue weighted by atomic mass is 10.2. The second-order valence-electron chi connectivity index (χ2n) is 3.12. The van der Waals surface area contributed by atoms with E-state index in [0.29, 0.717) is 32.3 Å². The van der Waals surface area contributed by atoms with Crippen molar-refractivity contribution in [3.63, 3.8) is 0 Å². The summed E-state index contributed by atoms with van der Waals surface area (Å²) in [4.78, 5) is 22.0. The number of hydrogen-bond donors (Lipinski definition) is 0. The number of ether oxygens (including phenoxy) is 2. The molecule has 0 saturated carbocycles. The first-order valence-electron chi connectivity index (χ1n) is 5.28. The van der Waals surface area contributed by atoms with Crippen LogP contribution in [0.5, 0.6) is 0 Å². The monoisotopic (exact) mass is 226 g/mol. The van der Waals surface area contributed by atoms with Gasteiger partial charge in [-0.1, -0.05) is 18.7 Å². The fourth-order valence-electron chi connectivity index (χ4n) is 1.000. The maximum absolute atomic E-state index is 11.1. The Balaban J connectivity index is 3.40. The molecule has 4 heteroatoms. The van der Waals surface area contributed by atoms with Crippen LogP contribution in [-0.4, -0.2) is 18.5 Å². The molecule has 0 aliphatic heterocycles. The molecule has 0 rings (SSSR count). The predicted octanol–water partition coefficient (Wildman–Crippen LogP) is 2.35. The van der Waals surface area contributed by atoms with E-state index in [0.717, 1.165) is 6.26 Å². The van der Waals surface area contributed by atoms with Crippen molar-refractivity contribution in [2.75, 3.05) is 6.61 Å². The first-order chi connectivity index (χ1) is 7.70. The summed E-state index contributed by atoms with van der Waals surface area (Å²) in [5.41, 5.74) is 0. The van der Waals surface area contributed by atoms with Gasteiger partial charge in [0, 0.05) is 12.8 Å². The number of esters is 2. The zero-order valence-electron chi connectivity index (χ0n) is 9.61. The Bertz CT molecular complexity index is 256. The highest BCUT2D eigenvalue weighted by Gasteiger charge is 2.04. The van der Waals surface area contributed by atoms with E-state index in [1.807, 2.05) is 13.0 Å². The van der Waals surface area contributed by atoms with Crippen LogP contribution in [0.1, 0.15) is 32.6 Å². The lowest BCUT2D eigenvalue weighted by Crippen LogP contribution is -2.05. The molecule has 0 aromatic carbocycles. The van der Waals surface area contributed by atoms with Gasteiger partial charge in [-0.25, -0.2) is 0 Å². The highest BCUT2D eigenvalue weighted by atomic mass is 16.5. The van der Waals surface area contributed by atoms with Crippen LogP contribution in [0.3, 0.4) is 0 Å². The van der Waals surface area contributed by atoms with Crippen LogP contribution < -0.4 is 0 Å². The van der Waals surface area contributed by atoms with Crippen LogP contribution in [0.15, 0.2) is 25.0 Å². The van der Waals surface area contributed by atoms with Gasteiger partial charge in [0.25, 0.3) is 0 Å². The van der Waals surface area contributed by atoms with Gasteiger partial charge in [0.05, 0.1) is 6.26 Å². The third-order valence-corrected chi connectivity index (χ3v) is 1.80. The smallest absolute Gasteiger partial charge is 0.310 e. The summed E-state index contributed by atoms with van der Waals surface area (Å²) in [5, 5.41) is 0. The fourth-order valence-corrected chi connectivity index (χ4v) is 1.000. The number of carbonyl (C=O) groups is 2. The molecule has 0 aliphatic carbocycles. The predicted molar refractivity (Wildman–Crippen MR) is 60.5 cm³/mol. The van der Waals surface area contributed by atoms with Gasteiger partial charge >= 0.3 is 11.9 Å². The minimum absolute atomic E-state index is 0.241. The second kappa shape index (κ2) is 9.96. The fraction of sp³-hybridized carbons (Fsp3) is 0.500. The number of hydrogen-bond acceptors (Lipinski definition) is 4. The topological polar surface area (TPSA) is 52.6 Å². The van der Waals surface area contributed by atoms with Crippen LogP contribution in [0.25, 0.3) is 0 Å². The van der Waals surface area contributed by atoms with Crippen molar-refractivity contribution in [2.24, 2.45) is 0 Å². The average Bonchev–Trinajstić information content (AvgIpc) is 2.25. The summed E-state index contributed by atoms with van der Waals surface area (Å²) in [5.74, 6) is -0.563. The second-order valence-corrected chi connectivity index (χ2v) is 3.12. The van der Waals surface area contributed by atoms with Gasteiger partial charge in [0.1, 0.15) is 6.61 Å². The molecular weight excluding hydrogens is 208 g/mol. The van der Waals surface area contributed by atoms with Gasteiger partial charge < -0.3 is 9.47 Å². The Morgan fingerprint density at radius 1 is 1.19 bits per heavy atom. The molecule has 0 unspecified atom stereocenters. The van der Waals surface area contributed by atoms with E-state index in [9.17, 15) is 9.59 Å². The van der Waals surface area contributed by atoms with Crippen molar-refractivity contribution in [2.45, 2.75) is 32.6 Å². The number of unbranched alkanes of at least 4 members (excludes halogenated alkanes) is 1. The Labute approximate surface area is 95.9 Å². The number of carbonyl (C=O) groups excluding carboxylic acids is 2. The van der Waals surface area contributed by atoms with Crippen molar-refractivity contribution >= 4 is 11.9 Å². The molecular formula is C12H18O4. The van der Waals surface area contributed by atoms with E-state index in [4.69, 9.17) is 4.74 Å². The molecule has 0 heterocycles. The first kappa shape index (κ1) is 14.4. The lowest BCUT2D eigenvalue weighted by Gasteiger charge is -2.01. The van der Waals surface area contributed by atoms with E-state index < -0.39 is 0 Å². The van der Waals surface area contributed by atoms with Crippen LogP contribution in [0, 0.1) is 0 Å². The van der Waals surface area contributed by atoms with Gasteiger partial charge in [-0.2, -0.15) is 0 Å². The van der Waals surface area contributed by atoms with E-state index in [1.165, 1.54) is 0 Å². The van der Waals surface area contributed by atoms with Crippen LogP contribution in [0.2, 0.25) is 0 Å². The summed E-state index contributed by atoms with van der Waals surface area (Å²) in [7, 11) is 0. The highest BCUT2D eigenvalue weighted by Crippen LogP contribution is 2.02. The third-order valence-electron chi connectivity index (χ3n) is 1.80. The normalized spacial score (nSPS) is 10.1. The molecule has 0 aromatic heterocycles. The molecule has 0 N–H and O–H groups in total. The zero-order chi connectivity index (χ0) is 12.2. The number of allylic oxidation sites excluding steroid dienone is 1. The Morgan fingerprint density at radius 3 is 2.38 bits per heavy atom. The zero-order valence-corrected chi connectivity index (χ0v) is 9.61. The van der Waals surface area contributed by atoms with Gasteiger partial charge in [0.15, 0.2) is 0 Å². The van der Waals surface area contributed by atoms with Crippen molar-refractivity contribution in [1.82, 2.24) is 0 Å². The molecule has 4 nitrogen and oxygen atoms in total. The van der Waals surface area contributed by atoms with Gasteiger partial charge in [0.2, 0.25) is 0 Å². The molecule has 0 amide bonds. The molecule has 90 valence electrons. The SMILES string of the molecule is C=COC(=O)CCCCC(=O)OCC=CC. The summed E-state index contributed by atoms with van der Waals surface area (Å²) >= 11 is 0. The molecule has 0 fully saturated rings. The van der Waals surface area contributed by atoms with Crippen molar-refractivity contribution in [3.05, 3.63) is 25.0 Å². The summed E-state index contributed by atoms with van der Waals surface area (Å²) < 4.78 is 9.41. The van der Waals surface area contributed by atoms with Crippen molar-refractivity contribution < 1.29 is 19.1 Å². The summed E-state index contributed by atoms with van der Waals surface area (Å²) in [6.45, 7) is 5.45. The molecule has 16 heavy (non-hydrogen) atoms. The quantitative estimate of drug-likeness (QED) is 0.276. The summed E-state index contributed by atoms with van der Waals surface area (Å²) in [6.07, 6.45) is 6.56. The molecule has 0 aromatic rings. The minimum Gasteiger partial charge on any atom is -0.461 e. The van der Waals surface area contributed by atoms with E-state index in [1.54, 1.807) is 6.08 Å². The first-order valence-corrected chi connectivity index (χ1v) is 5.28. The van der Waals surface area contributed by atoms with Gasteiger partial charge in [-0.3, -0.25) is 9.59 Å². The van der Waals surface area contributed by atoms with Gasteiger partial charge in [-0.05, 0) is 19.8 Å². The molecule has 0 aliphatic rings. The standard InChI is InChI=1S/C12H18O4/c1-3-5-10-16-12(14)9-7-6-8-11(13)15-4-2/h3-5H,2,6-10H2,1H3. The molecule has 0 saturated heterocycles. The van der Waals surface area contributed by atoms with E-state index in [-0.39, 0.29) is 11.9 Å². The average molecular weight is 226 g/mol.